The second-order valence-electron chi connectivity index (χ2n) is 4.17. The fourth-order valence-electron chi connectivity index (χ4n) is 1.82. The van der Waals surface area contributed by atoms with Gasteiger partial charge in [0.05, 0.1) is 0 Å². The second kappa shape index (κ2) is 5.91. The summed E-state index contributed by atoms with van der Waals surface area (Å²) in [5.74, 6) is 1.64. The van der Waals surface area contributed by atoms with Crippen molar-refractivity contribution in [2.24, 2.45) is 0 Å². The molecule has 0 fully saturated rings. The first kappa shape index (κ1) is 13.0. The van der Waals surface area contributed by atoms with E-state index in [1.165, 1.54) is 0 Å². The van der Waals surface area contributed by atoms with Crippen LogP contribution in [0.15, 0.2) is 18.2 Å². The molecule has 0 spiro atoms. The zero-order valence-corrected chi connectivity index (χ0v) is 11.5. The Bertz CT molecular complexity index is 437. The lowest BCUT2D eigenvalue weighted by Crippen LogP contribution is -2.36. The third-order valence-corrected chi connectivity index (χ3v) is 3.16. The van der Waals surface area contributed by atoms with Gasteiger partial charge in [-0.3, -0.25) is 0 Å². The molecule has 1 aliphatic rings. The Morgan fingerprint density at radius 1 is 1.33 bits per heavy atom. The van der Waals surface area contributed by atoms with E-state index in [1.54, 1.807) is 0 Å². The fraction of sp³-hybridized carbons (Fsp3) is 0.462. The zero-order chi connectivity index (χ0) is 13.0. The summed E-state index contributed by atoms with van der Waals surface area (Å²) in [7, 11) is 1.97. The summed E-state index contributed by atoms with van der Waals surface area (Å²) in [4.78, 5) is 2.00. The van der Waals surface area contributed by atoms with Crippen LogP contribution in [0.25, 0.3) is 0 Å². The molecule has 0 saturated carbocycles. The number of benzene rings is 1. The van der Waals surface area contributed by atoms with Crippen molar-refractivity contribution in [1.82, 2.24) is 10.2 Å². The molecule has 0 aromatic heterocycles. The highest BCUT2D eigenvalue weighted by atomic mass is 32.1. The van der Waals surface area contributed by atoms with E-state index in [2.05, 4.69) is 5.32 Å². The Morgan fingerprint density at radius 2 is 2.06 bits per heavy atom. The van der Waals surface area contributed by atoms with Crippen molar-refractivity contribution in [2.45, 2.75) is 13.5 Å². The quantitative estimate of drug-likeness (QED) is 0.844. The topological polar surface area (TPSA) is 33.7 Å². The molecule has 0 radical (unpaired) electrons. The van der Waals surface area contributed by atoms with Crippen LogP contribution >= 0.6 is 12.2 Å². The summed E-state index contributed by atoms with van der Waals surface area (Å²) >= 11 is 5.25. The Labute approximate surface area is 113 Å². The van der Waals surface area contributed by atoms with Gasteiger partial charge in [-0.2, -0.15) is 0 Å². The van der Waals surface area contributed by atoms with Crippen molar-refractivity contribution in [3.63, 3.8) is 0 Å². The summed E-state index contributed by atoms with van der Waals surface area (Å²) < 4.78 is 11.1. The molecule has 18 heavy (non-hydrogen) atoms. The normalized spacial score (nSPS) is 13.0. The highest BCUT2D eigenvalue weighted by Gasteiger charge is 2.12. The van der Waals surface area contributed by atoms with Gasteiger partial charge < -0.3 is 19.7 Å². The largest absolute Gasteiger partial charge is 0.486 e. The van der Waals surface area contributed by atoms with Crippen LogP contribution in [0.5, 0.6) is 11.5 Å². The van der Waals surface area contributed by atoms with E-state index in [-0.39, 0.29) is 0 Å². The van der Waals surface area contributed by atoms with Crippen LogP contribution in [0.4, 0.5) is 0 Å². The minimum atomic E-state index is 0.613. The Morgan fingerprint density at radius 3 is 2.78 bits per heavy atom. The molecular weight excluding hydrogens is 248 g/mol. The monoisotopic (exact) mass is 266 g/mol. The molecule has 0 aliphatic carbocycles. The summed E-state index contributed by atoms with van der Waals surface area (Å²) in [6, 6.07) is 6.01. The minimum Gasteiger partial charge on any atom is -0.486 e. The van der Waals surface area contributed by atoms with Gasteiger partial charge in [0.15, 0.2) is 16.6 Å². The number of nitrogens with one attached hydrogen (secondary N) is 1. The second-order valence-corrected chi connectivity index (χ2v) is 4.56. The number of nitrogens with zero attached hydrogens (tertiary/aromatic N) is 1. The first-order chi connectivity index (χ1) is 8.70. The van der Waals surface area contributed by atoms with Crippen molar-refractivity contribution < 1.29 is 9.47 Å². The summed E-state index contributed by atoms with van der Waals surface area (Å²) in [5.41, 5.74) is 1.15. The predicted octanol–water partition coefficient (Wildman–Crippen LogP) is 1.78. The molecule has 1 aromatic carbocycles. The van der Waals surface area contributed by atoms with E-state index in [9.17, 15) is 0 Å². The first-order valence-electron chi connectivity index (χ1n) is 6.08. The van der Waals surface area contributed by atoms with E-state index in [0.717, 1.165) is 35.3 Å². The van der Waals surface area contributed by atoms with Gasteiger partial charge in [-0.25, -0.2) is 0 Å². The molecule has 0 amide bonds. The summed E-state index contributed by atoms with van der Waals surface area (Å²) in [5, 5.41) is 3.89. The maximum Gasteiger partial charge on any atom is 0.168 e. The van der Waals surface area contributed by atoms with Crippen LogP contribution in [-0.4, -0.2) is 36.8 Å². The van der Waals surface area contributed by atoms with Gasteiger partial charge >= 0.3 is 0 Å². The standard InChI is InChI=1S/C13H18N2O2S/c1-3-14-13(18)15(2)9-10-4-5-11-12(8-10)17-7-6-16-11/h4-5,8H,3,6-7,9H2,1-2H3,(H,14,18). The molecule has 98 valence electrons. The molecule has 0 atom stereocenters. The highest BCUT2D eigenvalue weighted by molar-refractivity contribution is 7.80. The Kier molecular flexibility index (Phi) is 4.25. The first-order valence-corrected chi connectivity index (χ1v) is 6.49. The lowest BCUT2D eigenvalue weighted by Gasteiger charge is -2.22. The number of fused-ring (bicyclic) bond motifs is 1. The van der Waals surface area contributed by atoms with E-state index in [1.807, 2.05) is 37.1 Å². The molecule has 1 aromatic rings. The van der Waals surface area contributed by atoms with Gasteiger partial charge in [0.2, 0.25) is 0 Å². The average Bonchev–Trinajstić information content (AvgIpc) is 2.39. The molecule has 1 N–H and O–H groups in total. The number of rotatable bonds is 3. The molecule has 0 unspecified atom stereocenters. The molecule has 0 saturated heterocycles. The van der Waals surface area contributed by atoms with Crippen LogP contribution in [-0.2, 0) is 6.54 Å². The third kappa shape index (κ3) is 3.04. The smallest absolute Gasteiger partial charge is 0.168 e. The average molecular weight is 266 g/mol. The molecule has 1 heterocycles. The highest BCUT2D eigenvalue weighted by Crippen LogP contribution is 2.30. The van der Waals surface area contributed by atoms with Crippen LogP contribution in [0.1, 0.15) is 12.5 Å². The van der Waals surface area contributed by atoms with Gasteiger partial charge in [0.1, 0.15) is 13.2 Å². The van der Waals surface area contributed by atoms with Crippen LogP contribution in [0.2, 0.25) is 0 Å². The number of ether oxygens (including phenoxy) is 2. The minimum absolute atomic E-state index is 0.613. The van der Waals surface area contributed by atoms with Gasteiger partial charge in [0, 0.05) is 20.1 Å². The predicted molar refractivity (Wildman–Crippen MR) is 75.2 cm³/mol. The molecule has 2 rings (SSSR count). The van der Waals surface area contributed by atoms with Crippen molar-refractivity contribution in [3.8, 4) is 11.5 Å². The van der Waals surface area contributed by atoms with Crippen molar-refractivity contribution in [1.29, 1.82) is 0 Å². The lowest BCUT2D eigenvalue weighted by molar-refractivity contribution is 0.171. The van der Waals surface area contributed by atoms with Crippen molar-refractivity contribution in [3.05, 3.63) is 23.8 Å². The summed E-state index contributed by atoms with van der Waals surface area (Å²) in [6.45, 7) is 4.86. The van der Waals surface area contributed by atoms with Crippen LogP contribution in [0, 0.1) is 0 Å². The fourth-order valence-corrected chi connectivity index (χ4v) is 2.03. The van der Waals surface area contributed by atoms with Crippen molar-refractivity contribution in [2.75, 3.05) is 26.8 Å². The number of thiocarbonyl (C=S) groups is 1. The van der Waals surface area contributed by atoms with Gasteiger partial charge in [-0.05, 0) is 36.8 Å². The van der Waals surface area contributed by atoms with E-state index in [0.29, 0.717) is 13.2 Å². The van der Waals surface area contributed by atoms with E-state index < -0.39 is 0 Å². The van der Waals surface area contributed by atoms with Crippen molar-refractivity contribution >= 4 is 17.3 Å². The van der Waals surface area contributed by atoms with Gasteiger partial charge in [0.25, 0.3) is 0 Å². The molecule has 4 nitrogen and oxygen atoms in total. The van der Waals surface area contributed by atoms with Crippen LogP contribution < -0.4 is 14.8 Å². The molecular formula is C13H18N2O2S. The maximum absolute atomic E-state index is 5.56. The number of hydrogen-bond acceptors (Lipinski definition) is 3. The molecule has 0 bridgehead atoms. The van der Waals surface area contributed by atoms with Gasteiger partial charge in [-0.15, -0.1) is 0 Å². The van der Waals surface area contributed by atoms with E-state index in [4.69, 9.17) is 21.7 Å². The number of hydrogen-bond donors (Lipinski definition) is 1. The van der Waals surface area contributed by atoms with Gasteiger partial charge in [-0.1, -0.05) is 6.07 Å². The summed E-state index contributed by atoms with van der Waals surface area (Å²) in [6.07, 6.45) is 0. The Balaban J connectivity index is 2.03. The maximum atomic E-state index is 5.56. The molecule has 1 aliphatic heterocycles. The van der Waals surface area contributed by atoms with Crippen LogP contribution in [0.3, 0.4) is 0 Å². The lowest BCUT2D eigenvalue weighted by atomic mass is 10.2. The Hall–Kier alpha value is -1.49. The SMILES string of the molecule is CCNC(=S)N(C)Cc1ccc2c(c1)OCCO2. The van der Waals surface area contributed by atoms with E-state index >= 15 is 0 Å². The third-order valence-electron chi connectivity index (χ3n) is 2.70. The zero-order valence-electron chi connectivity index (χ0n) is 10.7. The molecule has 5 heteroatoms.